The third-order valence-corrected chi connectivity index (χ3v) is 2.98. The molecule has 0 saturated carbocycles. The van der Waals surface area contributed by atoms with Crippen LogP contribution in [0.1, 0.15) is 6.92 Å². The van der Waals surface area contributed by atoms with Crippen molar-refractivity contribution in [3.8, 4) is 0 Å². The Balaban J connectivity index is 2.04. The van der Waals surface area contributed by atoms with E-state index in [1.807, 2.05) is 6.07 Å². The summed E-state index contributed by atoms with van der Waals surface area (Å²) in [4.78, 5) is 6.36. The molecule has 1 saturated heterocycles. The summed E-state index contributed by atoms with van der Waals surface area (Å²) in [6.45, 7) is 4.58. The Kier molecular flexibility index (Phi) is 2.25. The Hall–Kier alpha value is -1.62. The van der Waals surface area contributed by atoms with Gasteiger partial charge in [-0.25, -0.2) is 0 Å². The lowest BCUT2D eigenvalue weighted by Gasteiger charge is -2.33. The van der Waals surface area contributed by atoms with Gasteiger partial charge in [0.25, 0.3) is 0 Å². The molecule has 2 aromatic rings. The number of aromatic amines is 1. The number of nitrogens with one attached hydrogen (secondary N) is 1. The van der Waals surface area contributed by atoms with Gasteiger partial charge >= 0.3 is 0 Å². The molecule has 1 N–H and O–H groups in total. The van der Waals surface area contributed by atoms with Gasteiger partial charge in [-0.15, -0.1) is 0 Å². The van der Waals surface area contributed by atoms with E-state index in [-0.39, 0.29) is 0 Å². The predicted octanol–water partition coefficient (Wildman–Crippen LogP) is 1.18. The predicted molar refractivity (Wildman–Crippen MR) is 61.5 cm³/mol. The van der Waals surface area contributed by atoms with Gasteiger partial charge in [-0.3, -0.25) is 10.1 Å². The van der Waals surface area contributed by atoms with Gasteiger partial charge in [0, 0.05) is 18.1 Å². The van der Waals surface area contributed by atoms with Crippen LogP contribution < -0.4 is 4.90 Å². The van der Waals surface area contributed by atoms with Crippen molar-refractivity contribution in [3.05, 3.63) is 18.5 Å². The Bertz CT molecular complexity index is 495. The summed E-state index contributed by atoms with van der Waals surface area (Å²) in [6, 6.07) is 2.37. The summed E-state index contributed by atoms with van der Waals surface area (Å²) in [5.74, 6) is 1.01. The van der Waals surface area contributed by atoms with E-state index in [1.165, 1.54) is 0 Å². The molecule has 5 nitrogen and oxygen atoms in total. The molecule has 0 spiro atoms. The van der Waals surface area contributed by atoms with Gasteiger partial charge in [-0.1, -0.05) is 0 Å². The number of rotatable bonds is 1. The van der Waals surface area contributed by atoms with Gasteiger partial charge in [0.15, 0.2) is 5.82 Å². The second kappa shape index (κ2) is 3.75. The molecule has 0 bridgehead atoms. The van der Waals surface area contributed by atoms with Crippen LogP contribution in [-0.2, 0) is 4.74 Å². The normalized spacial score (nSPS) is 21.6. The van der Waals surface area contributed by atoms with Crippen LogP contribution in [0.4, 0.5) is 5.82 Å². The van der Waals surface area contributed by atoms with Gasteiger partial charge in [0.1, 0.15) is 0 Å². The van der Waals surface area contributed by atoms with Crippen molar-refractivity contribution in [2.24, 2.45) is 0 Å². The second-order valence-electron chi connectivity index (χ2n) is 4.09. The highest BCUT2D eigenvalue weighted by Crippen LogP contribution is 2.25. The minimum absolute atomic E-state index is 0.369. The lowest BCUT2D eigenvalue weighted by molar-refractivity contribution is 0.0986. The molecule has 84 valence electrons. The highest BCUT2D eigenvalue weighted by molar-refractivity contribution is 5.89. The molecule has 0 radical (unpaired) electrons. The molecular formula is C11H14N4O. The van der Waals surface area contributed by atoms with Crippen molar-refractivity contribution in [2.45, 2.75) is 13.0 Å². The summed E-state index contributed by atoms with van der Waals surface area (Å²) in [6.07, 6.45) is 3.60. The van der Waals surface area contributed by atoms with Crippen molar-refractivity contribution < 1.29 is 4.74 Å². The average molecular weight is 218 g/mol. The summed E-state index contributed by atoms with van der Waals surface area (Å²) < 4.78 is 5.43. The quantitative estimate of drug-likeness (QED) is 0.781. The van der Waals surface area contributed by atoms with Crippen LogP contribution in [0.15, 0.2) is 18.5 Å². The van der Waals surface area contributed by atoms with Gasteiger partial charge in [0.2, 0.25) is 0 Å². The van der Waals surface area contributed by atoms with E-state index in [9.17, 15) is 0 Å². The lowest BCUT2D eigenvalue weighted by Crippen LogP contribution is -2.44. The first-order valence-corrected chi connectivity index (χ1v) is 5.49. The van der Waals surface area contributed by atoms with Crippen LogP contribution in [0.25, 0.3) is 10.9 Å². The molecule has 16 heavy (non-hydrogen) atoms. The average Bonchev–Trinajstić information content (AvgIpc) is 2.74. The SMILES string of the molecule is CC1COCCN1c1n[nH]c2cnccc12. The number of pyridine rings is 1. The molecule has 1 unspecified atom stereocenters. The first-order valence-electron chi connectivity index (χ1n) is 5.49. The monoisotopic (exact) mass is 218 g/mol. The van der Waals surface area contributed by atoms with Crippen molar-refractivity contribution in [1.82, 2.24) is 15.2 Å². The number of anilines is 1. The molecule has 1 fully saturated rings. The zero-order valence-corrected chi connectivity index (χ0v) is 9.18. The molecule has 0 amide bonds. The summed E-state index contributed by atoms with van der Waals surface area (Å²) in [7, 11) is 0. The smallest absolute Gasteiger partial charge is 0.158 e. The Morgan fingerprint density at radius 2 is 2.50 bits per heavy atom. The van der Waals surface area contributed by atoms with E-state index in [1.54, 1.807) is 12.4 Å². The first kappa shape index (κ1) is 9.59. The van der Waals surface area contributed by atoms with Crippen molar-refractivity contribution in [1.29, 1.82) is 0 Å². The van der Waals surface area contributed by atoms with E-state index in [2.05, 4.69) is 27.0 Å². The highest BCUT2D eigenvalue weighted by atomic mass is 16.5. The van der Waals surface area contributed by atoms with Crippen molar-refractivity contribution in [2.75, 3.05) is 24.7 Å². The number of ether oxygens (including phenoxy) is 1. The van der Waals surface area contributed by atoms with E-state index in [0.717, 1.165) is 36.5 Å². The Labute approximate surface area is 93.4 Å². The molecular weight excluding hydrogens is 204 g/mol. The molecule has 2 aromatic heterocycles. The Morgan fingerprint density at radius 1 is 1.56 bits per heavy atom. The maximum absolute atomic E-state index is 5.43. The van der Waals surface area contributed by atoms with Gasteiger partial charge in [-0.05, 0) is 13.0 Å². The van der Waals surface area contributed by atoms with Crippen LogP contribution in [-0.4, -0.2) is 41.0 Å². The topological polar surface area (TPSA) is 54.0 Å². The molecule has 1 aliphatic heterocycles. The fourth-order valence-electron chi connectivity index (χ4n) is 2.11. The number of fused-ring (bicyclic) bond motifs is 1. The van der Waals surface area contributed by atoms with E-state index in [4.69, 9.17) is 4.74 Å². The molecule has 5 heteroatoms. The summed E-state index contributed by atoms with van der Waals surface area (Å²) >= 11 is 0. The summed E-state index contributed by atoms with van der Waals surface area (Å²) in [5.41, 5.74) is 0.983. The van der Waals surface area contributed by atoms with Gasteiger partial charge in [0.05, 0.1) is 31.0 Å². The number of nitrogens with zero attached hydrogens (tertiary/aromatic N) is 3. The van der Waals surface area contributed by atoms with Crippen LogP contribution in [0.5, 0.6) is 0 Å². The van der Waals surface area contributed by atoms with Crippen LogP contribution in [0.2, 0.25) is 0 Å². The zero-order valence-electron chi connectivity index (χ0n) is 9.18. The Morgan fingerprint density at radius 3 is 3.38 bits per heavy atom. The fraction of sp³-hybridized carbons (Fsp3) is 0.455. The maximum atomic E-state index is 5.43. The molecule has 1 atom stereocenters. The lowest BCUT2D eigenvalue weighted by atomic mass is 10.2. The molecule has 0 aliphatic carbocycles. The van der Waals surface area contributed by atoms with Crippen LogP contribution >= 0.6 is 0 Å². The number of H-pyrrole nitrogens is 1. The standard InChI is InChI=1S/C11H14N4O/c1-8-7-16-5-4-15(8)11-9-2-3-12-6-10(9)13-14-11/h2-3,6,8H,4-5,7H2,1H3,(H,13,14). The first-order chi connectivity index (χ1) is 7.86. The highest BCUT2D eigenvalue weighted by Gasteiger charge is 2.22. The van der Waals surface area contributed by atoms with Gasteiger partial charge in [-0.2, -0.15) is 5.10 Å². The largest absolute Gasteiger partial charge is 0.377 e. The number of hydrogen-bond acceptors (Lipinski definition) is 4. The summed E-state index contributed by atoms with van der Waals surface area (Å²) in [5, 5.41) is 8.51. The third kappa shape index (κ3) is 1.44. The van der Waals surface area contributed by atoms with Crippen LogP contribution in [0.3, 0.4) is 0 Å². The number of aromatic nitrogens is 3. The zero-order chi connectivity index (χ0) is 11.0. The van der Waals surface area contributed by atoms with Gasteiger partial charge < -0.3 is 9.64 Å². The molecule has 1 aliphatic rings. The minimum atomic E-state index is 0.369. The van der Waals surface area contributed by atoms with E-state index < -0.39 is 0 Å². The number of morpholine rings is 1. The fourth-order valence-corrected chi connectivity index (χ4v) is 2.11. The molecule has 3 rings (SSSR count). The number of hydrogen-bond donors (Lipinski definition) is 1. The van der Waals surface area contributed by atoms with Crippen molar-refractivity contribution >= 4 is 16.7 Å². The van der Waals surface area contributed by atoms with Crippen molar-refractivity contribution in [3.63, 3.8) is 0 Å². The third-order valence-electron chi connectivity index (χ3n) is 2.98. The van der Waals surface area contributed by atoms with Crippen LogP contribution in [0, 0.1) is 0 Å². The molecule has 3 heterocycles. The maximum Gasteiger partial charge on any atom is 0.158 e. The van der Waals surface area contributed by atoms with E-state index in [0.29, 0.717) is 6.04 Å². The minimum Gasteiger partial charge on any atom is -0.377 e. The molecule has 0 aromatic carbocycles. The van der Waals surface area contributed by atoms with E-state index >= 15 is 0 Å². The second-order valence-corrected chi connectivity index (χ2v) is 4.09.